The maximum absolute atomic E-state index is 13.6. The molecule has 1 N–H and O–H groups in total. The lowest BCUT2D eigenvalue weighted by Crippen LogP contribution is -2.73. The lowest BCUT2D eigenvalue weighted by Gasteiger charge is -2.54. The summed E-state index contributed by atoms with van der Waals surface area (Å²) in [5.41, 5.74) is 1.64. The SMILES string of the molecule is COCCCN1C[C@H]2N(C(=O)CN(C)N2C(=O)NCc2ccc(OC)cc2)[C@@H](c2ccccc2)C1=O. The van der Waals surface area contributed by atoms with Crippen molar-refractivity contribution in [3.8, 4) is 5.75 Å². The second-order valence-electron chi connectivity index (χ2n) is 8.89. The molecule has 2 fully saturated rings. The van der Waals surface area contributed by atoms with Crippen LogP contribution in [0.1, 0.15) is 23.6 Å². The molecule has 10 nitrogen and oxygen atoms in total. The van der Waals surface area contributed by atoms with Gasteiger partial charge in [0.1, 0.15) is 18.0 Å². The molecule has 2 aliphatic heterocycles. The Balaban J connectivity index is 1.60. The van der Waals surface area contributed by atoms with Gasteiger partial charge in [0.25, 0.3) is 0 Å². The maximum atomic E-state index is 13.6. The third-order valence-corrected chi connectivity index (χ3v) is 6.53. The number of ether oxygens (including phenoxy) is 2. The highest BCUT2D eigenvalue weighted by molar-refractivity contribution is 5.92. The first-order chi connectivity index (χ1) is 17.4. The number of rotatable bonds is 8. The van der Waals surface area contributed by atoms with Crippen LogP contribution in [0.25, 0.3) is 0 Å². The molecule has 0 radical (unpaired) electrons. The molecule has 0 spiro atoms. The van der Waals surface area contributed by atoms with E-state index < -0.39 is 12.2 Å². The fourth-order valence-electron chi connectivity index (χ4n) is 4.76. The van der Waals surface area contributed by atoms with Gasteiger partial charge in [0.05, 0.1) is 20.2 Å². The van der Waals surface area contributed by atoms with Crippen LogP contribution in [0.2, 0.25) is 0 Å². The second kappa shape index (κ2) is 11.4. The van der Waals surface area contributed by atoms with Crippen molar-refractivity contribution in [2.45, 2.75) is 25.2 Å². The van der Waals surface area contributed by atoms with Crippen LogP contribution in [-0.2, 0) is 20.9 Å². The van der Waals surface area contributed by atoms with Gasteiger partial charge < -0.3 is 24.6 Å². The molecule has 2 aliphatic rings. The van der Waals surface area contributed by atoms with E-state index in [4.69, 9.17) is 9.47 Å². The number of hydrazine groups is 1. The average Bonchev–Trinajstić information content (AvgIpc) is 2.89. The van der Waals surface area contributed by atoms with Crippen LogP contribution >= 0.6 is 0 Å². The predicted octanol–water partition coefficient (Wildman–Crippen LogP) is 1.84. The highest BCUT2D eigenvalue weighted by Gasteiger charge is 2.51. The number of nitrogens with zero attached hydrogens (tertiary/aromatic N) is 4. The molecule has 4 rings (SSSR count). The lowest BCUT2D eigenvalue weighted by molar-refractivity contribution is -0.187. The lowest BCUT2D eigenvalue weighted by atomic mass is 9.98. The number of carbonyl (C=O) groups excluding carboxylic acids is 3. The first kappa shape index (κ1) is 25.5. The van der Waals surface area contributed by atoms with E-state index in [-0.39, 0.29) is 30.9 Å². The van der Waals surface area contributed by atoms with Crippen LogP contribution in [0.4, 0.5) is 4.79 Å². The Hall–Kier alpha value is -3.63. The van der Waals surface area contributed by atoms with Crippen molar-refractivity contribution >= 4 is 17.8 Å². The average molecular weight is 496 g/mol. The number of carbonyl (C=O) groups is 3. The summed E-state index contributed by atoms with van der Waals surface area (Å²) in [4.78, 5) is 43.6. The normalized spacial score (nSPS) is 20.4. The predicted molar refractivity (Wildman–Crippen MR) is 133 cm³/mol. The first-order valence-electron chi connectivity index (χ1n) is 12.0. The number of piperazine rings is 1. The standard InChI is InChI=1S/C26H33N5O5/c1-28-18-23(32)30-22(31(28)26(34)27-16-19-10-12-21(36-3)13-11-19)17-29(14-7-15-35-2)25(33)24(30)20-8-5-4-6-9-20/h4-6,8-13,22,24H,7,14-18H2,1-3H3,(H,27,34)/t22-,24-/m0/s1. The smallest absolute Gasteiger partial charge is 0.334 e. The van der Waals surface area contributed by atoms with Crippen LogP contribution in [0.15, 0.2) is 54.6 Å². The fourth-order valence-corrected chi connectivity index (χ4v) is 4.76. The zero-order valence-electron chi connectivity index (χ0n) is 20.9. The van der Waals surface area contributed by atoms with E-state index >= 15 is 0 Å². The zero-order chi connectivity index (χ0) is 25.7. The quantitative estimate of drug-likeness (QED) is 0.562. The second-order valence-corrected chi connectivity index (χ2v) is 8.89. The van der Waals surface area contributed by atoms with E-state index in [2.05, 4.69) is 5.32 Å². The molecule has 0 aromatic heterocycles. The third kappa shape index (κ3) is 5.29. The summed E-state index contributed by atoms with van der Waals surface area (Å²) >= 11 is 0. The summed E-state index contributed by atoms with van der Waals surface area (Å²) < 4.78 is 10.4. The molecular weight excluding hydrogens is 462 g/mol. The molecule has 2 aromatic carbocycles. The van der Waals surface area contributed by atoms with Gasteiger partial charge in [-0.1, -0.05) is 42.5 Å². The van der Waals surface area contributed by atoms with Gasteiger partial charge in [0.15, 0.2) is 0 Å². The highest BCUT2D eigenvalue weighted by Crippen LogP contribution is 2.34. The molecule has 2 atom stereocenters. The largest absolute Gasteiger partial charge is 0.497 e. The minimum absolute atomic E-state index is 0.00720. The highest BCUT2D eigenvalue weighted by atomic mass is 16.5. The summed E-state index contributed by atoms with van der Waals surface area (Å²) in [7, 11) is 4.94. The third-order valence-electron chi connectivity index (χ3n) is 6.53. The number of benzene rings is 2. The number of hydrogen-bond acceptors (Lipinski definition) is 6. The molecule has 2 aromatic rings. The van der Waals surface area contributed by atoms with Crippen molar-refractivity contribution in [1.82, 2.24) is 25.1 Å². The number of fused-ring (bicyclic) bond motifs is 1. The number of likely N-dealkylation sites (N-methyl/N-ethyl adjacent to an activating group) is 1. The molecule has 0 unspecified atom stereocenters. The molecule has 10 heteroatoms. The van der Waals surface area contributed by atoms with Gasteiger partial charge >= 0.3 is 6.03 Å². The van der Waals surface area contributed by atoms with Gasteiger partial charge in [0, 0.05) is 33.9 Å². The Morgan fingerprint density at radius 1 is 1.06 bits per heavy atom. The molecule has 0 bridgehead atoms. The van der Waals surface area contributed by atoms with Crippen molar-refractivity contribution in [3.05, 3.63) is 65.7 Å². The van der Waals surface area contributed by atoms with Crippen LogP contribution in [0.5, 0.6) is 5.75 Å². The first-order valence-corrected chi connectivity index (χ1v) is 12.0. The molecular formula is C26H33N5O5. The number of hydrogen-bond donors (Lipinski definition) is 1. The van der Waals surface area contributed by atoms with E-state index in [0.717, 1.165) is 16.9 Å². The van der Waals surface area contributed by atoms with Crippen LogP contribution < -0.4 is 10.1 Å². The van der Waals surface area contributed by atoms with Gasteiger partial charge in [-0.2, -0.15) is 0 Å². The Kier molecular flexibility index (Phi) is 8.07. The van der Waals surface area contributed by atoms with Gasteiger partial charge in [-0.25, -0.2) is 14.8 Å². The van der Waals surface area contributed by atoms with Gasteiger partial charge in [-0.05, 0) is 29.7 Å². The topological polar surface area (TPSA) is 94.7 Å². The number of amides is 4. The minimum Gasteiger partial charge on any atom is -0.497 e. The summed E-state index contributed by atoms with van der Waals surface area (Å²) in [5, 5.41) is 6.14. The van der Waals surface area contributed by atoms with Gasteiger partial charge in [-0.3, -0.25) is 9.59 Å². The number of nitrogens with one attached hydrogen (secondary N) is 1. The molecule has 36 heavy (non-hydrogen) atoms. The van der Waals surface area contributed by atoms with Crippen molar-refractivity contribution < 1.29 is 23.9 Å². The van der Waals surface area contributed by atoms with E-state index in [1.807, 2.05) is 54.6 Å². The Bertz CT molecular complexity index is 1060. The van der Waals surface area contributed by atoms with Crippen molar-refractivity contribution in [3.63, 3.8) is 0 Å². The van der Waals surface area contributed by atoms with Crippen molar-refractivity contribution in [2.24, 2.45) is 0 Å². The van der Waals surface area contributed by atoms with Crippen LogP contribution in [-0.4, -0.2) is 91.3 Å². The maximum Gasteiger partial charge on any atom is 0.334 e. The van der Waals surface area contributed by atoms with Gasteiger partial charge in [-0.15, -0.1) is 0 Å². The number of methoxy groups -OCH3 is 2. The van der Waals surface area contributed by atoms with Crippen LogP contribution in [0, 0.1) is 0 Å². The fraction of sp³-hybridized carbons (Fsp3) is 0.423. The van der Waals surface area contributed by atoms with Crippen LogP contribution in [0.3, 0.4) is 0 Å². The van der Waals surface area contributed by atoms with Crippen molar-refractivity contribution in [1.29, 1.82) is 0 Å². The molecule has 192 valence electrons. The Morgan fingerprint density at radius 2 is 1.78 bits per heavy atom. The molecule has 0 aliphatic carbocycles. The summed E-state index contributed by atoms with van der Waals surface area (Å²) in [6.45, 7) is 1.51. The molecule has 4 amide bonds. The van der Waals surface area contributed by atoms with Gasteiger partial charge in [0.2, 0.25) is 11.8 Å². The molecule has 0 saturated carbocycles. The monoisotopic (exact) mass is 495 g/mol. The summed E-state index contributed by atoms with van der Waals surface area (Å²) in [5.74, 6) is 0.396. The zero-order valence-corrected chi connectivity index (χ0v) is 20.9. The molecule has 2 heterocycles. The Morgan fingerprint density at radius 3 is 2.44 bits per heavy atom. The van der Waals surface area contributed by atoms with Crippen molar-refractivity contribution in [2.75, 3.05) is 47.5 Å². The summed E-state index contributed by atoms with van der Waals surface area (Å²) in [6, 6.07) is 15.6. The van der Waals surface area contributed by atoms with E-state index in [0.29, 0.717) is 26.1 Å². The Labute approximate surface area is 211 Å². The minimum atomic E-state index is -0.800. The number of urea groups is 1. The summed E-state index contributed by atoms with van der Waals surface area (Å²) in [6.07, 6.45) is 0.0155. The van der Waals surface area contributed by atoms with E-state index in [9.17, 15) is 14.4 Å². The van der Waals surface area contributed by atoms with E-state index in [1.54, 1.807) is 41.1 Å². The molecule has 2 saturated heterocycles. The van der Waals surface area contributed by atoms with E-state index in [1.165, 1.54) is 0 Å².